The van der Waals surface area contributed by atoms with Crippen LogP contribution in [0, 0.1) is 11.3 Å². The molecule has 19 heavy (non-hydrogen) atoms. The van der Waals surface area contributed by atoms with Crippen LogP contribution in [0.2, 0.25) is 0 Å². The van der Waals surface area contributed by atoms with Crippen molar-refractivity contribution < 1.29 is 9.53 Å². The standard InChI is InChI=1S/C14H13N3O2/c15-7-11-9-17(14(18)19-11)6-5-10-8-16-13-4-2-1-3-12(10)13/h1-4,8,11,16H,5-6,9H2. The van der Waals surface area contributed by atoms with E-state index in [1.807, 2.05) is 30.5 Å². The van der Waals surface area contributed by atoms with Crippen LogP contribution >= 0.6 is 0 Å². The summed E-state index contributed by atoms with van der Waals surface area (Å²) in [7, 11) is 0. The van der Waals surface area contributed by atoms with Gasteiger partial charge in [-0.1, -0.05) is 18.2 Å². The van der Waals surface area contributed by atoms with E-state index in [0.717, 1.165) is 11.9 Å². The summed E-state index contributed by atoms with van der Waals surface area (Å²) >= 11 is 0. The summed E-state index contributed by atoms with van der Waals surface area (Å²) in [4.78, 5) is 16.3. The molecule has 0 saturated carbocycles. The third-order valence-corrected chi connectivity index (χ3v) is 3.36. The van der Waals surface area contributed by atoms with Crippen molar-refractivity contribution in [3.05, 3.63) is 36.0 Å². The fourth-order valence-corrected chi connectivity index (χ4v) is 2.35. The van der Waals surface area contributed by atoms with E-state index in [1.54, 1.807) is 4.90 Å². The summed E-state index contributed by atoms with van der Waals surface area (Å²) in [6.07, 6.45) is 1.69. The molecule has 1 saturated heterocycles. The van der Waals surface area contributed by atoms with Crippen LogP contribution in [0.1, 0.15) is 5.56 Å². The summed E-state index contributed by atoms with van der Waals surface area (Å²) in [5, 5.41) is 9.91. The molecule has 0 aliphatic carbocycles. The van der Waals surface area contributed by atoms with Gasteiger partial charge in [-0.2, -0.15) is 5.26 Å². The molecular weight excluding hydrogens is 242 g/mol. The average Bonchev–Trinajstić information content (AvgIpc) is 3.00. The molecule has 0 radical (unpaired) electrons. The van der Waals surface area contributed by atoms with Crippen molar-refractivity contribution >= 4 is 17.0 Å². The van der Waals surface area contributed by atoms with E-state index in [-0.39, 0.29) is 0 Å². The molecule has 1 atom stereocenters. The number of cyclic esters (lactones) is 1. The highest BCUT2D eigenvalue weighted by molar-refractivity contribution is 5.83. The van der Waals surface area contributed by atoms with Gasteiger partial charge in [-0.3, -0.25) is 0 Å². The summed E-state index contributed by atoms with van der Waals surface area (Å²) < 4.78 is 4.90. The molecule has 2 heterocycles. The normalized spacial score (nSPS) is 18.6. The van der Waals surface area contributed by atoms with Crippen LogP contribution < -0.4 is 0 Å². The van der Waals surface area contributed by atoms with E-state index in [2.05, 4.69) is 11.1 Å². The van der Waals surface area contributed by atoms with Crippen LogP contribution in [-0.4, -0.2) is 35.2 Å². The Hall–Kier alpha value is -2.48. The number of carbonyl (C=O) groups is 1. The number of nitrogens with zero attached hydrogens (tertiary/aromatic N) is 2. The third kappa shape index (κ3) is 2.13. The molecule has 5 heteroatoms. The molecule has 1 aromatic heterocycles. The second kappa shape index (κ2) is 4.65. The number of benzene rings is 1. The molecule has 1 fully saturated rings. The quantitative estimate of drug-likeness (QED) is 0.912. The first-order valence-corrected chi connectivity index (χ1v) is 6.18. The van der Waals surface area contributed by atoms with Crippen LogP contribution in [0.15, 0.2) is 30.5 Å². The number of carbonyl (C=O) groups excluding carboxylic acids is 1. The Kier molecular flexibility index (Phi) is 2.84. The monoisotopic (exact) mass is 255 g/mol. The van der Waals surface area contributed by atoms with Crippen molar-refractivity contribution in [1.29, 1.82) is 5.26 Å². The van der Waals surface area contributed by atoms with E-state index >= 15 is 0 Å². The number of rotatable bonds is 3. The van der Waals surface area contributed by atoms with Gasteiger partial charge in [0.1, 0.15) is 6.07 Å². The predicted octanol–water partition coefficient (Wildman–Crippen LogP) is 2.05. The minimum absolute atomic E-state index is 0.359. The van der Waals surface area contributed by atoms with Crippen LogP contribution in [0.4, 0.5) is 4.79 Å². The molecule has 1 unspecified atom stereocenters. The summed E-state index contributed by atoms with van der Waals surface area (Å²) in [5.74, 6) is 0. The molecule has 5 nitrogen and oxygen atoms in total. The fraction of sp³-hybridized carbons (Fsp3) is 0.286. The van der Waals surface area contributed by atoms with Gasteiger partial charge in [-0.15, -0.1) is 0 Å². The minimum atomic E-state index is -0.629. The first-order chi connectivity index (χ1) is 9.28. The lowest BCUT2D eigenvalue weighted by Gasteiger charge is -2.11. The van der Waals surface area contributed by atoms with E-state index in [0.29, 0.717) is 13.1 Å². The Morgan fingerprint density at radius 2 is 2.32 bits per heavy atom. The molecule has 96 valence electrons. The molecule has 1 aliphatic rings. The van der Waals surface area contributed by atoms with Crippen molar-refractivity contribution in [3.8, 4) is 6.07 Å². The fourth-order valence-electron chi connectivity index (χ4n) is 2.35. The Morgan fingerprint density at radius 1 is 1.47 bits per heavy atom. The number of nitriles is 1. The number of aromatic amines is 1. The molecule has 1 aromatic carbocycles. The number of para-hydroxylation sites is 1. The lowest BCUT2D eigenvalue weighted by Crippen LogP contribution is -2.27. The van der Waals surface area contributed by atoms with Gasteiger partial charge in [-0.25, -0.2) is 4.79 Å². The Balaban J connectivity index is 1.70. The smallest absolute Gasteiger partial charge is 0.411 e. The SMILES string of the molecule is N#CC1CN(CCc2c[nH]c3ccccc23)C(=O)O1. The van der Waals surface area contributed by atoms with E-state index in [9.17, 15) is 4.79 Å². The highest BCUT2D eigenvalue weighted by atomic mass is 16.6. The molecule has 0 bridgehead atoms. The van der Waals surface area contributed by atoms with Gasteiger partial charge in [0.05, 0.1) is 6.54 Å². The third-order valence-electron chi connectivity index (χ3n) is 3.36. The van der Waals surface area contributed by atoms with Gasteiger partial charge in [-0.05, 0) is 18.1 Å². The van der Waals surface area contributed by atoms with Gasteiger partial charge >= 0.3 is 6.09 Å². The summed E-state index contributed by atoms with van der Waals surface area (Å²) in [6.45, 7) is 0.927. The van der Waals surface area contributed by atoms with Crippen LogP contribution in [-0.2, 0) is 11.2 Å². The number of hydrogen-bond donors (Lipinski definition) is 1. The lowest BCUT2D eigenvalue weighted by atomic mass is 10.1. The van der Waals surface area contributed by atoms with E-state index in [1.165, 1.54) is 10.9 Å². The number of nitrogens with one attached hydrogen (secondary N) is 1. The summed E-state index contributed by atoms with van der Waals surface area (Å²) in [5.41, 5.74) is 2.26. The molecule has 1 aliphatic heterocycles. The first kappa shape index (κ1) is 11.6. The zero-order valence-electron chi connectivity index (χ0n) is 10.3. The lowest BCUT2D eigenvalue weighted by molar-refractivity contribution is 0.147. The van der Waals surface area contributed by atoms with Gasteiger partial charge in [0.25, 0.3) is 0 Å². The number of fused-ring (bicyclic) bond motifs is 1. The van der Waals surface area contributed by atoms with Gasteiger partial charge < -0.3 is 14.6 Å². The second-order valence-electron chi connectivity index (χ2n) is 4.56. The van der Waals surface area contributed by atoms with Crippen molar-refractivity contribution in [1.82, 2.24) is 9.88 Å². The molecular formula is C14H13N3O2. The average molecular weight is 255 g/mol. The zero-order valence-corrected chi connectivity index (χ0v) is 10.3. The maximum atomic E-state index is 11.5. The Labute approximate surface area is 110 Å². The van der Waals surface area contributed by atoms with Gasteiger partial charge in [0.2, 0.25) is 6.10 Å². The number of H-pyrrole nitrogens is 1. The maximum Gasteiger partial charge on any atom is 0.411 e. The predicted molar refractivity (Wildman–Crippen MR) is 69.5 cm³/mol. The Morgan fingerprint density at radius 3 is 3.11 bits per heavy atom. The van der Waals surface area contributed by atoms with Crippen molar-refractivity contribution in [2.45, 2.75) is 12.5 Å². The maximum absolute atomic E-state index is 11.5. The van der Waals surface area contributed by atoms with E-state index < -0.39 is 12.2 Å². The van der Waals surface area contributed by atoms with Crippen LogP contribution in [0.5, 0.6) is 0 Å². The molecule has 3 rings (SSSR count). The van der Waals surface area contributed by atoms with Crippen LogP contribution in [0.25, 0.3) is 10.9 Å². The molecule has 2 aromatic rings. The number of ether oxygens (including phenoxy) is 1. The molecule has 1 amide bonds. The minimum Gasteiger partial charge on any atom is -0.429 e. The topological polar surface area (TPSA) is 69.1 Å². The van der Waals surface area contributed by atoms with Crippen molar-refractivity contribution in [2.24, 2.45) is 0 Å². The second-order valence-corrected chi connectivity index (χ2v) is 4.56. The number of hydrogen-bond acceptors (Lipinski definition) is 3. The molecule has 1 N–H and O–H groups in total. The largest absolute Gasteiger partial charge is 0.429 e. The molecule has 0 spiro atoms. The van der Waals surface area contributed by atoms with Gasteiger partial charge in [0.15, 0.2) is 0 Å². The first-order valence-electron chi connectivity index (χ1n) is 6.18. The van der Waals surface area contributed by atoms with Crippen molar-refractivity contribution in [2.75, 3.05) is 13.1 Å². The van der Waals surface area contributed by atoms with E-state index in [4.69, 9.17) is 10.00 Å². The number of aromatic nitrogens is 1. The number of amides is 1. The van der Waals surface area contributed by atoms with Crippen molar-refractivity contribution in [3.63, 3.8) is 0 Å². The highest BCUT2D eigenvalue weighted by Gasteiger charge is 2.30. The highest BCUT2D eigenvalue weighted by Crippen LogP contribution is 2.19. The van der Waals surface area contributed by atoms with Crippen LogP contribution in [0.3, 0.4) is 0 Å². The zero-order chi connectivity index (χ0) is 13.2. The summed E-state index contributed by atoms with van der Waals surface area (Å²) in [6, 6.07) is 10.0. The Bertz CT molecular complexity index is 656. The van der Waals surface area contributed by atoms with Gasteiger partial charge in [0, 0.05) is 23.6 Å².